The number of piperazine rings is 1. The Morgan fingerprint density at radius 1 is 1.17 bits per heavy atom. The van der Waals surface area contributed by atoms with Crippen LogP contribution in [-0.4, -0.2) is 72.0 Å². The molecule has 0 unspecified atom stereocenters. The molecular weight excluding hydrogens is 553 g/mol. The molecule has 41 heavy (non-hydrogen) atoms. The van der Waals surface area contributed by atoms with E-state index >= 15 is 0 Å². The van der Waals surface area contributed by atoms with Crippen LogP contribution in [-0.2, 0) is 10.2 Å². The van der Waals surface area contributed by atoms with Crippen LogP contribution in [0.15, 0.2) is 53.8 Å². The number of nitrogens with zero attached hydrogens (tertiary/aromatic N) is 7. The number of ether oxygens (including phenoxy) is 1. The molecule has 0 spiro atoms. The van der Waals surface area contributed by atoms with Gasteiger partial charge in [0.2, 0.25) is 5.95 Å². The molecule has 0 aliphatic carbocycles. The van der Waals surface area contributed by atoms with Gasteiger partial charge >= 0.3 is 10.2 Å². The Labute approximate surface area is 235 Å². The lowest BCUT2D eigenvalue weighted by molar-refractivity contribution is 0.441. The van der Waals surface area contributed by atoms with Crippen LogP contribution in [0.3, 0.4) is 0 Å². The Hall–Kier alpha value is -4.65. The summed E-state index contributed by atoms with van der Waals surface area (Å²) in [5, 5.41) is 13.2. The van der Waals surface area contributed by atoms with Gasteiger partial charge in [0, 0.05) is 39.8 Å². The van der Waals surface area contributed by atoms with Crippen LogP contribution in [0.5, 0.6) is 11.5 Å². The first-order chi connectivity index (χ1) is 19.7. The van der Waals surface area contributed by atoms with Crippen LogP contribution in [0.2, 0.25) is 0 Å². The highest BCUT2D eigenvalue weighted by Gasteiger charge is 2.22. The summed E-state index contributed by atoms with van der Waals surface area (Å²) in [5.41, 5.74) is -0.183. The van der Waals surface area contributed by atoms with Crippen molar-refractivity contribution in [1.82, 2.24) is 29.1 Å². The number of fused-ring (bicyclic) bond motifs is 1. The van der Waals surface area contributed by atoms with Crippen molar-refractivity contribution < 1.29 is 17.5 Å². The molecular formula is C26H26FN9O4S. The molecule has 5 rings (SSSR count). The Morgan fingerprint density at radius 2 is 1.90 bits per heavy atom. The van der Waals surface area contributed by atoms with Crippen LogP contribution >= 0.6 is 0 Å². The maximum atomic E-state index is 14.8. The standard InChI is InChI=1S/C26H26FN9O4S/c1-3-34(2)41(38,39)33-23-7-5-21(27)24(20(23)13-28)40-18-4-6-22-19(12-18)25(37)36(16-32-22)17-14-30-26(31-15-17)35-10-8-29-9-11-35/h4-7,12,14-16,29,33H,3,8-11H2,1-2H3. The summed E-state index contributed by atoms with van der Waals surface area (Å²) in [6.07, 6.45) is 4.44. The Bertz CT molecular complexity index is 1800. The number of benzene rings is 2. The van der Waals surface area contributed by atoms with E-state index in [1.807, 2.05) is 4.90 Å². The van der Waals surface area contributed by atoms with E-state index in [1.165, 1.54) is 48.5 Å². The molecule has 2 N–H and O–H groups in total. The summed E-state index contributed by atoms with van der Waals surface area (Å²) in [7, 11) is -2.63. The van der Waals surface area contributed by atoms with E-state index in [-0.39, 0.29) is 28.9 Å². The number of rotatable bonds is 8. The van der Waals surface area contributed by atoms with Gasteiger partial charge in [-0.3, -0.25) is 14.1 Å². The average molecular weight is 580 g/mol. The van der Waals surface area contributed by atoms with Gasteiger partial charge in [-0.25, -0.2) is 19.3 Å². The quantitative estimate of drug-likeness (QED) is 0.316. The molecule has 2 aromatic heterocycles. The van der Waals surface area contributed by atoms with Crippen molar-refractivity contribution >= 4 is 32.7 Å². The molecule has 0 radical (unpaired) electrons. The number of aromatic nitrogens is 4. The van der Waals surface area contributed by atoms with E-state index in [0.717, 1.165) is 42.6 Å². The van der Waals surface area contributed by atoms with Gasteiger partial charge in [0.15, 0.2) is 11.6 Å². The fraction of sp³-hybridized carbons (Fsp3) is 0.269. The van der Waals surface area contributed by atoms with Gasteiger partial charge in [-0.05, 0) is 30.3 Å². The maximum Gasteiger partial charge on any atom is 0.301 e. The molecule has 0 amide bonds. The summed E-state index contributed by atoms with van der Waals surface area (Å²) >= 11 is 0. The first-order valence-corrected chi connectivity index (χ1v) is 14.1. The monoisotopic (exact) mass is 579 g/mol. The Kier molecular flexibility index (Phi) is 7.79. The summed E-state index contributed by atoms with van der Waals surface area (Å²) in [6, 6.07) is 8.29. The molecule has 4 aromatic rings. The fourth-order valence-electron chi connectivity index (χ4n) is 4.17. The van der Waals surface area contributed by atoms with E-state index in [2.05, 4.69) is 25.0 Å². The minimum absolute atomic E-state index is 0.0422. The van der Waals surface area contributed by atoms with Gasteiger partial charge < -0.3 is 15.0 Å². The Balaban J connectivity index is 1.47. The number of anilines is 2. The molecule has 1 aliphatic heterocycles. The fourth-order valence-corrected chi connectivity index (χ4v) is 5.12. The van der Waals surface area contributed by atoms with Crippen molar-refractivity contribution in [3.05, 3.63) is 70.8 Å². The molecule has 1 aliphatic rings. The molecule has 1 fully saturated rings. The Morgan fingerprint density at radius 3 is 2.59 bits per heavy atom. The number of hydrogen-bond donors (Lipinski definition) is 2. The summed E-state index contributed by atoms with van der Waals surface area (Å²) in [5.74, 6) is -0.777. The van der Waals surface area contributed by atoms with Crippen LogP contribution < -0.4 is 25.2 Å². The highest BCUT2D eigenvalue weighted by molar-refractivity contribution is 7.90. The normalized spacial score (nSPS) is 13.8. The molecule has 0 bridgehead atoms. The SMILES string of the molecule is CCN(C)S(=O)(=O)Nc1ccc(F)c(Oc2ccc3ncn(-c4cnc(N5CCNCC5)nc4)c(=O)c3c2)c1C#N. The maximum absolute atomic E-state index is 14.8. The van der Waals surface area contributed by atoms with Crippen molar-refractivity contribution in [1.29, 1.82) is 5.26 Å². The average Bonchev–Trinajstić information content (AvgIpc) is 2.99. The molecule has 0 saturated carbocycles. The molecule has 13 nitrogen and oxygen atoms in total. The molecule has 212 valence electrons. The highest BCUT2D eigenvalue weighted by Crippen LogP contribution is 2.34. The van der Waals surface area contributed by atoms with E-state index in [9.17, 15) is 22.9 Å². The lowest BCUT2D eigenvalue weighted by Gasteiger charge is -2.27. The van der Waals surface area contributed by atoms with Gasteiger partial charge in [0.25, 0.3) is 5.56 Å². The minimum atomic E-state index is -3.99. The van der Waals surface area contributed by atoms with E-state index in [4.69, 9.17) is 4.74 Å². The number of hydrogen-bond acceptors (Lipinski definition) is 10. The van der Waals surface area contributed by atoms with Crippen molar-refractivity contribution in [2.75, 3.05) is 49.4 Å². The predicted octanol–water partition coefficient (Wildman–Crippen LogP) is 2.00. The third-order valence-electron chi connectivity index (χ3n) is 6.57. The van der Waals surface area contributed by atoms with Gasteiger partial charge in [-0.1, -0.05) is 6.92 Å². The van der Waals surface area contributed by atoms with E-state index < -0.39 is 27.3 Å². The van der Waals surface area contributed by atoms with Gasteiger partial charge in [0.1, 0.15) is 23.7 Å². The smallest absolute Gasteiger partial charge is 0.301 e. The third kappa shape index (κ3) is 5.66. The van der Waals surface area contributed by atoms with Gasteiger partial charge in [0.05, 0.1) is 34.7 Å². The first-order valence-electron chi connectivity index (χ1n) is 12.7. The first kappa shape index (κ1) is 27.9. The second-order valence-corrected chi connectivity index (χ2v) is 10.9. The number of nitrogens with one attached hydrogen (secondary N) is 2. The van der Waals surface area contributed by atoms with Crippen LogP contribution in [0.4, 0.5) is 16.0 Å². The second kappa shape index (κ2) is 11.5. The predicted molar refractivity (Wildman–Crippen MR) is 150 cm³/mol. The van der Waals surface area contributed by atoms with Gasteiger partial charge in [-0.2, -0.15) is 18.0 Å². The number of nitriles is 1. The number of halogens is 1. The van der Waals surface area contributed by atoms with Gasteiger partial charge in [-0.15, -0.1) is 0 Å². The van der Waals surface area contributed by atoms with E-state index in [0.29, 0.717) is 17.2 Å². The largest absolute Gasteiger partial charge is 0.453 e. The molecule has 2 aromatic carbocycles. The topological polar surface area (TPSA) is 158 Å². The van der Waals surface area contributed by atoms with Crippen molar-refractivity contribution in [3.63, 3.8) is 0 Å². The second-order valence-electron chi connectivity index (χ2n) is 9.11. The zero-order valence-corrected chi connectivity index (χ0v) is 23.0. The summed E-state index contributed by atoms with van der Waals surface area (Å²) in [4.78, 5) is 28.6. The van der Waals surface area contributed by atoms with E-state index in [1.54, 1.807) is 13.0 Å². The molecule has 0 atom stereocenters. The molecule has 3 heterocycles. The van der Waals surface area contributed by atoms with Crippen LogP contribution in [0.1, 0.15) is 12.5 Å². The zero-order chi connectivity index (χ0) is 29.1. The lowest BCUT2D eigenvalue weighted by Crippen LogP contribution is -2.44. The van der Waals surface area contributed by atoms with Crippen LogP contribution in [0, 0.1) is 17.1 Å². The van der Waals surface area contributed by atoms with Crippen molar-refractivity contribution in [3.8, 4) is 23.3 Å². The molecule has 15 heteroatoms. The zero-order valence-electron chi connectivity index (χ0n) is 22.2. The van der Waals surface area contributed by atoms with Crippen LogP contribution in [0.25, 0.3) is 16.6 Å². The lowest BCUT2D eigenvalue weighted by atomic mass is 10.1. The third-order valence-corrected chi connectivity index (χ3v) is 8.12. The minimum Gasteiger partial charge on any atom is -0.453 e. The summed E-state index contributed by atoms with van der Waals surface area (Å²) in [6.45, 7) is 5.04. The summed E-state index contributed by atoms with van der Waals surface area (Å²) < 4.78 is 50.1. The van der Waals surface area contributed by atoms with Crippen molar-refractivity contribution in [2.24, 2.45) is 0 Å². The molecule has 1 saturated heterocycles. The highest BCUT2D eigenvalue weighted by atomic mass is 32.2. The van der Waals surface area contributed by atoms with Crippen molar-refractivity contribution in [2.45, 2.75) is 6.92 Å².